The third kappa shape index (κ3) is 4.20. The summed E-state index contributed by atoms with van der Waals surface area (Å²) in [5.41, 5.74) is -0.348. The molecule has 0 atom stereocenters. The van der Waals surface area contributed by atoms with Crippen LogP contribution < -0.4 is 5.32 Å². The molecule has 3 rings (SSSR count). The number of sulfonamides is 1. The highest BCUT2D eigenvalue weighted by molar-refractivity contribution is 7.89. The van der Waals surface area contributed by atoms with Gasteiger partial charge in [-0.1, -0.05) is 6.07 Å². The van der Waals surface area contributed by atoms with E-state index in [1.165, 1.54) is 16.4 Å². The van der Waals surface area contributed by atoms with Crippen LogP contribution in [-0.4, -0.2) is 35.4 Å². The van der Waals surface area contributed by atoms with Gasteiger partial charge in [0.25, 0.3) is 5.91 Å². The average Bonchev–Trinajstić information content (AvgIpc) is 3.02. The van der Waals surface area contributed by atoms with Gasteiger partial charge in [-0.15, -0.1) is 11.3 Å². The van der Waals surface area contributed by atoms with Gasteiger partial charge in [0.1, 0.15) is 0 Å². The minimum Gasteiger partial charge on any atom is -0.298 e. The van der Waals surface area contributed by atoms with Crippen molar-refractivity contribution in [3.8, 4) is 0 Å². The number of hydrogen-bond donors (Lipinski definition) is 1. The van der Waals surface area contributed by atoms with E-state index in [0.717, 1.165) is 28.3 Å². The van der Waals surface area contributed by atoms with Gasteiger partial charge < -0.3 is 0 Å². The van der Waals surface area contributed by atoms with Crippen molar-refractivity contribution in [2.75, 3.05) is 11.9 Å². The van der Waals surface area contributed by atoms with E-state index in [1.54, 1.807) is 13.8 Å². The second-order valence-electron chi connectivity index (χ2n) is 6.60. The van der Waals surface area contributed by atoms with Crippen LogP contribution in [0.15, 0.2) is 24.3 Å². The fourth-order valence-electron chi connectivity index (χ4n) is 2.75. The minimum atomic E-state index is -4.54. The van der Waals surface area contributed by atoms with Crippen LogP contribution in [0.4, 0.5) is 18.3 Å². The second-order valence-corrected chi connectivity index (χ2v) is 10.2. The Morgan fingerprint density at radius 1 is 1.32 bits per heavy atom. The van der Waals surface area contributed by atoms with E-state index in [2.05, 4.69) is 10.3 Å². The number of carbonyl (C=O) groups excluding carboxylic acids is 1. The van der Waals surface area contributed by atoms with Gasteiger partial charge in [0.05, 0.1) is 16.5 Å². The number of alkyl halides is 3. The third-order valence-corrected chi connectivity index (χ3v) is 7.55. The lowest BCUT2D eigenvalue weighted by molar-refractivity contribution is -0.137. The molecule has 2 aromatic rings. The zero-order valence-electron chi connectivity index (χ0n) is 15.1. The molecule has 1 aliphatic rings. The standard InChI is InChI=1S/C17H18F3N3O3S2/c1-10(2)28(25,26)23-7-6-13-14(9-23)27-16(21-13)22-15(24)11-4-3-5-12(8-11)17(18,19)20/h3-5,8,10H,6-7,9H2,1-2H3,(H,21,22,24). The fourth-order valence-corrected chi connectivity index (χ4v) is 5.10. The predicted octanol–water partition coefficient (Wildman–Crippen LogP) is 3.51. The molecule has 152 valence electrons. The molecule has 28 heavy (non-hydrogen) atoms. The number of amides is 1. The van der Waals surface area contributed by atoms with Gasteiger partial charge in [0.2, 0.25) is 10.0 Å². The van der Waals surface area contributed by atoms with Gasteiger partial charge in [0.15, 0.2) is 5.13 Å². The molecule has 0 unspecified atom stereocenters. The van der Waals surface area contributed by atoms with Crippen LogP contribution in [0.25, 0.3) is 0 Å². The molecule has 1 aliphatic heterocycles. The van der Waals surface area contributed by atoms with Gasteiger partial charge in [-0.05, 0) is 32.0 Å². The summed E-state index contributed by atoms with van der Waals surface area (Å²) in [4.78, 5) is 17.3. The van der Waals surface area contributed by atoms with E-state index in [9.17, 15) is 26.4 Å². The number of hydrogen-bond acceptors (Lipinski definition) is 5. The van der Waals surface area contributed by atoms with E-state index < -0.39 is 32.9 Å². The molecule has 0 bridgehead atoms. The summed E-state index contributed by atoms with van der Waals surface area (Å²) in [6, 6.07) is 4.12. The predicted molar refractivity (Wildman–Crippen MR) is 99.7 cm³/mol. The quantitative estimate of drug-likeness (QED) is 0.800. The topological polar surface area (TPSA) is 79.4 Å². The Balaban J connectivity index is 1.76. The van der Waals surface area contributed by atoms with Crippen molar-refractivity contribution >= 4 is 32.4 Å². The average molecular weight is 433 g/mol. The number of nitrogens with one attached hydrogen (secondary N) is 1. The van der Waals surface area contributed by atoms with Crippen molar-refractivity contribution in [3.05, 3.63) is 46.0 Å². The van der Waals surface area contributed by atoms with E-state index >= 15 is 0 Å². The van der Waals surface area contributed by atoms with Crippen molar-refractivity contribution in [1.29, 1.82) is 0 Å². The smallest absolute Gasteiger partial charge is 0.298 e. The van der Waals surface area contributed by atoms with Crippen molar-refractivity contribution in [2.24, 2.45) is 0 Å². The zero-order valence-corrected chi connectivity index (χ0v) is 16.7. The van der Waals surface area contributed by atoms with Gasteiger partial charge in [-0.3, -0.25) is 10.1 Å². The van der Waals surface area contributed by atoms with E-state index in [1.807, 2.05) is 0 Å². The van der Waals surface area contributed by atoms with Gasteiger partial charge >= 0.3 is 6.18 Å². The van der Waals surface area contributed by atoms with Gasteiger partial charge in [-0.2, -0.15) is 17.5 Å². The maximum atomic E-state index is 12.8. The van der Waals surface area contributed by atoms with Crippen LogP contribution in [0.5, 0.6) is 0 Å². The first kappa shape index (κ1) is 20.7. The molecule has 0 saturated heterocycles. The zero-order chi connectivity index (χ0) is 20.7. The molecule has 1 N–H and O–H groups in total. The molecule has 0 aliphatic carbocycles. The summed E-state index contributed by atoms with van der Waals surface area (Å²) in [7, 11) is -3.40. The number of benzene rings is 1. The van der Waals surface area contributed by atoms with E-state index in [-0.39, 0.29) is 17.2 Å². The van der Waals surface area contributed by atoms with Crippen LogP contribution in [0.2, 0.25) is 0 Å². The van der Waals surface area contributed by atoms with Crippen molar-refractivity contribution in [1.82, 2.24) is 9.29 Å². The monoisotopic (exact) mass is 433 g/mol. The highest BCUT2D eigenvalue weighted by Gasteiger charge is 2.32. The molecular weight excluding hydrogens is 415 g/mol. The molecule has 11 heteroatoms. The Hall–Kier alpha value is -1.98. The molecule has 1 amide bonds. The lowest BCUT2D eigenvalue weighted by Gasteiger charge is -2.26. The first-order valence-corrected chi connectivity index (χ1v) is 10.8. The summed E-state index contributed by atoms with van der Waals surface area (Å²) in [6.07, 6.45) is -4.13. The number of carbonyl (C=O) groups is 1. The number of fused-ring (bicyclic) bond motifs is 1. The maximum absolute atomic E-state index is 12.8. The lowest BCUT2D eigenvalue weighted by atomic mass is 10.1. The Morgan fingerprint density at radius 2 is 2.04 bits per heavy atom. The van der Waals surface area contributed by atoms with E-state index in [0.29, 0.717) is 18.7 Å². The Kier molecular flexibility index (Phi) is 5.52. The maximum Gasteiger partial charge on any atom is 0.416 e. The van der Waals surface area contributed by atoms with Crippen LogP contribution in [-0.2, 0) is 29.2 Å². The number of thiazole rings is 1. The van der Waals surface area contributed by atoms with Gasteiger partial charge in [0, 0.05) is 30.0 Å². The number of rotatable bonds is 4. The Bertz CT molecular complexity index is 1000. The summed E-state index contributed by atoms with van der Waals surface area (Å²) in [5.74, 6) is -0.705. The van der Waals surface area contributed by atoms with Crippen LogP contribution in [0.1, 0.15) is 40.3 Å². The number of nitrogens with zero attached hydrogens (tertiary/aromatic N) is 2. The van der Waals surface area contributed by atoms with Crippen LogP contribution >= 0.6 is 11.3 Å². The van der Waals surface area contributed by atoms with Gasteiger partial charge in [-0.25, -0.2) is 13.4 Å². The summed E-state index contributed by atoms with van der Waals surface area (Å²) in [6.45, 7) is 3.70. The largest absolute Gasteiger partial charge is 0.416 e. The Labute approximate surface area is 164 Å². The third-order valence-electron chi connectivity index (χ3n) is 4.32. The summed E-state index contributed by atoms with van der Waals surface area (Å²) < 4.78 is 64.5. The van der Waals surface area contributed by atoms with Crippen molar-refractivity contribution in [2.45, 2.75) is 38.2 Å². The van der Waals surface area contributed by atoms with Crippen molar-refractivity contribution in [3.63, 3.8) is 0 Å². The summed E-state index contributed by atoms with van der Waals surface area (Å²) in [5, 5.41) is 2.20. The summed E-state index contributed by atoms with van der Waals surface area (Å²) >= 11 is 1.13. The number of anilines is 1. The molecule has 0 spiro atoms. The highest BCUT2D eigenvalue weighted by Crippen LogP contribution is 2.32. The minimum absolute atomic E-state index is 0.132. The van der Waals surface area contributed by atoms with Crippen LogP contribution in [0.3, 0.4) is 0 Å². The molecule has 1 aromatic heterocycles. The molecule has 6 nitrogen and oxygen atoms in total. The number of halogens is 3. The molecule has 1 aromatic carbocycles. The SMILES string of the molecule is CC(C)S(=O)(=O)N1CCc2nc(NC(=O)c3cccc(C(F)(F)F)c3)sc2C1. The molecule has 0 saturated carbocycles. The molecule has 2 heterocycles. The van der Waals surface area contributed by atoms with Crippen molar-refractivity contribution < 1.29 is 26.4 Å². The molecule has 0 fully saturated rings. The first-order chi connectivity index (χ1) is 13.0. The first-order valence-electron chi connectivity index (χ1n) is 8.44. The molecular formula is C17H18F3N3O3S2. The van der Waals surface area contributed by atoms with Crippen LogP contribution in [0, 0.1) is 0 Å². The second kappa shape index (κ2) is 7.45. The fraction of sp³-hybridized carbons (Fsp3) is 0.412. The van der Waals surface area contributed by atoms with E-state index in [4.69, 9.17) is 0 Å². The normalized spacial score (nSPS) is 15.5. The Morgan fingerprint density at radius 3 is 2.68 bits per heavy atom. The number of aromatic nitrogens is 1. The lowest BCUT2D eigenvalue weighted by Crippen LogP contribution is -2.39. The molecule has 0 radical (unpaired) electrons. The highest BCUT2D eigenvalue weighted by atomic mass is 32.2.